The standard InChI is InChI=1S/C9H10FNO2S/c1-6(12)11-8-4-3-7(10)5-9(8)14(2)13/h3-5H,1-2H3,(H,11,12). The lowest BCUT2D eigenvalue weighted by molar-refractivity contribution is -0.114. The van der Waals surface area contributed by atoms with Crippen LogP contribution in [0.5, 0.6) is 0 Å². The normalized spacial score (nSPS) is 12.2. The third kappa shape index (κ3) is 2.63. The molecule has 3 nitrogen and oxygen atoms in total. The Kier molecular flexibility index (Phi) is 3.35. The summed E-state index contributed by atoms with van der Waals surface area (Å²) in [6.45, 7) is 1.34. The summed E-state index contributed by atoms with van der Waals surface area (Å²) in [6, 6.07) is 3.76. The molecule has 1 N–H and O–H groups in total. The van der Waals surface area contributed by atoms with Crippen molar-refractivity contribution in [3.8, 4) is 0 Å². The van der Waals surface area contributed by atoms with Gasteiger partial charge < -0.3 is 5.32 Å². The van der Waals surface area contributed by atoms with Crippen LogP contribution in [0, 0.1) is 5.82 Å². The second kappa shape index (κ2) is 4.32. The van der Waals surface area contributed by atoms with Gasteiger partial charge in [0.25, 0.3) is 0 Å². The van der Waals surface area contributed by atoms with Gasteiger partial charge in [0.15, 0.2) is 0 Å². The molecule has 0 bridgehead atoms. The topological polar surface area (TPSA) is 46.2 Å². The Bertz CT molecular complexity index is 392. The molecule has 0 saturated heterocycles. The first-order chi connectivity index (χ1) is 6.50. The molecular weight excluding hydrogens is 205 g/mol. The minimum atomic E-state index is -1.32. The summed E-state index contributed by atoms with van der Waals surface area (Å²) in [6.07, 6.45) is 1.43. The summed E-state index contributed by atoms with van der Waals surface area (Å²) in [4.78, 5) is 11.1. The summed E-state index contributed by atoms with van der Waals surface area (Å²) >= 11 is 0. The Morgan fingerprint density at radius 2 is 2.14 bits per heavy atom. The molecule has 1 unspecified atom stereocenters. The van der Waals surface area contributed by atoms with Crippen LogP contribution < -0.4 is 5.32 Å². The van der Waals surface area contributed by atoms with Crippen molar-refractivity contribution in [2.75, 3.05) is 11.6 Å². The number of hydrogen-bond donors (Lipinski definition) is 1. The lowest BCUT2D eigenvalue weighted by atomic mass is 10.3. The first-order valence-electron chi connectivity index (χ1n) is 3.91. The van der Waals surface area contributed by atoms with Crippen molar-refractivity contribution in [2.24, 2.45) is 0 Å². The second-order valence-electron chi connectivity index (χ2n) is 2.78. The summed E-state index contributed by atoms with van der Waals surface area (Å²) < 4.78 is 24.0. The third-order valence-corrected chi connectivity index (χ3v) is 2.52. The Balaban J connectivity index is 3.14. The molecule has 0 heterocycles. The maximum Gasteiger partial charge on any atom is 0.221 e. The molecule has 0 aliphatic heterocycles. The molecule has 1 amide bonds. The molecule has 76 valence electrons. The highest BCUT2D eigenvalue weighted by Crippen LogP contribution is 2.19. The van der Waals surface area contributed by atoms with Crippen LogP contribution in [0.2, 0.25) is 0 Å². The monoisotopic (exact) mass is 215 g/mol. The van der Waals surface area contributed by atoms with E-state index in [4.69, 9.17) is 0 Å². The van der Waals surface area contributed by atoms with E-state index < -0.39 is 16.6 Å². The van der Waals surface area contributed by atoms with E-state index in [1.54, 1.807) is 0 Å². The highest BCUT2D eigenvalue weighted by atomic mass is 32.2. The van der Waals surface area contributed by atoms with Crippen molar-refractivity contribution in [2.45, 2.75) is 11.8 Å². The van der Waals surface area contributed by atoms with Gasteiger partial charge in [-0.2, -0.15) is 0 Å². The van der Waals surface area contributed by atoms with E-state index in [-0.39, 0.29) is 5.91 Å². The molecular formula is C9H10FNO2S. The smallest absolute Gasteiger partial charge is 0.221 e. The molecule has 0 aliphatic carbocycles. The van der Waals surface area contributed by atoms with E-state index >= 15 is 0 Å². The highest BCUT2D eigenvalue weighted by molar-refractivity contribution is 7.84. The van der Waals surface area contributed by atoms with Crippen LogP contribution in [0.15, 0.2) is 23.1 Å². The Labute approximate surface area is 83.8 Å². The Morgan fingerprint density at radius 3 is 2.64 bits per heavy atom. The lowest BCUT2D eigenvalue weighted by Gasteiger charge is -2.07. The molecule has 0 fully saturated rings. The number of rotatable bonds is 2. The van der Waals surface area contributed by atoms with Gasteiger partial charge in [0.1, 0.15) is 5.82 Å². The summed E-state index contributed by atoms with van der Waals surface area (Å²) in [5.74, 6) is -0.743. The van der Waals surface area contributed by atoms with E-state index in [1.807, 2.05) is 0 Å². The maximum atomic E-state index is 12.8. The molecule has 0 saturated carbocycles. The quantitative estimate of drug-likeness (QED) is 0.813. The molecule has 0 radical (unpaired) electrons. The third-order valence-electron chi connectivity index (χ3n) is 1.56. The van der Waals surface area contributed by atoms with Gasteiger partial charge in [0.2, 0.25) is 5.91 Å². The van der Waals surface area contributed by atoms with Crippen LogP contribution in [-0.2, 0) is 15.6 Å². The minimum absolute atomic E-state index is 0.275. The van der Waals surface area contributed by atoms with Crippen LogP contribution in [-0.4, -0.2) is 16.4 Å². The van der Waals surface area contributed by atoms with Gasteiger partial charge in [-0.05, 0) is 18.2 Å². The number of carbonyl (C=O) groups excluding carboxylic acids is 1. The molecule has 5 heteroatoms. The van der Waals surface area contributed by atoms with Gasteiger partial charge in [-0.3, -0.25) is 9.00 Å². The van der Waals surface area contributed by atoms with Crippen molar-refractivity contribution >= 4 is 22.4 Å². The van der Waals surface area contributed by atoms with Gasteiger partial charge in [-0.1, -0.05) is 0 Å². The SMILES string of the molecule is CC(=O)Nc1ccc(F)cc1S(C)=O. The number of amides is 1. The van der Waals surface area contributed by atoms with Gasteiger partial charge in [-0.15, -0.1) is 0 Å². The minimum Gasteiger partial charge on any atom is -0.325 e. The Morgan fingerprint density at radius 1 is 1.50 bits per heavy atom. The second-order valence-corrected chi connectivity index (χ2v) is 4.12. The van der Waals surface area contributed by atoms with Crippen LogP contribution in [0.4, 0.5) is 10.1 Å². The number of benzene rings is 1. The fourth-order valence-corrected chi connectivity index (χ4v) is 1.73. The largest absolute Gasteiger partial charge is 0.325 e. The van der Waals surface area contributed by atoms with Crippen molar-refractivity contribution in [1.29, 1.82) is 0 Å². The summed E-state index contributed by atoms with van der Waals surface area (Å²) in [5, 5.41) is 2.48. The molecule has 1 atom stereocenters. The first-order valence-corrected chi connectivity index (χ1v) is 5.47. The molecule has 1 aromatic carbocycles. The lowest BCUT2D eigenvalue weighted by Crippen LogP contribution is -2.08. The maximum absolute atomic E-state index is 12.8. The molecule has 14 heavy (non-hydrogen) atoms. The zero-order valence-electron chi connectivity index (χ0n) is 7.83. The van der Waals surface area contributed by atoms with E-state index in [1.165, 1.54) is 25.3 Å². The van der Waals surface area contributed by atoms with Crippen molar-refractivity contribution < 1.29 is 13.4 Å². The fourth-order valence-electron chi connectivity index (χ4n) is 1.03. The van der Waals surface area contributed by atoms with E-state index in [0.29, 0.717) is 10.6 Å². The van der Waals surface area contributed by atoms with Crippen LogP contribution >= 0.6 is 0 Å². The van der Waals surface area contributed by atoms with Gasteiger partial charge in [0.05, 0.1) is 21.4 Å². The summed E-state index contributed by atoms with van der Waals surface area (Å²) in [7, 11) is -1.32. The van der Waals surface area contributed by atoms with E-state index in [9.17, 15) is 13.4 Å². The average Bonchev–Trinajstić information content (AvgIpc) is 2.07. The molecule has 0 spiro atoms. The van der Waals surface area contributed by atoms with Crippen LogP contribution in [0.1, 0.15) is 6.92 Å². The number of anilines is 1. The fraction of sp³-hybridized carbons (Fsp3) is 0.222. The van der Waals surface area contributed by atoms with E-state index in [0.717, 1.165) is 6.07 Å². The zero-order valence-corrected chi connectivity index (χ0v) is 8.65. The van der Waals surface area contributed by atoms with Gasteiger partial charge >= 0.3 is 0 Å². The highest BCUT2D eigenvalue weighted by Gasteiger charge is 2.08. The molecule has 1 aromatic rings. The van der Waals surface area contributed by atoms with E-state index in [2.05, 4.69) is 5.32 Å². The number of hydrogen-bond acceptors (Lipinski definition) is 2. The zero-order chi connectivity index (χ0) is 10.7. The first kappa shape index (κ1) is 10.8. The molecule has 1 rings (SSSR count). The average molecular weight is 215 g/mol. The number of carbonyl (C=O) groups is 1. The van der Waals surface area contributed by atoms with Crippen molar-refractivity contribution in [3.05, 3.63) is 24.0 Å². The van der Waals surface area contributed by atoms with Crippen molar-refractivity contribution in [3.63, 3.8) is 0 Å². The van der Waals surface area contributed by atoms with Crippen molar-refractivity contribution in [1.82, 2.24) is 0 Å². The van der Waals surface area contributed by atoms with Crippen LogP contribution in [0.25, 0.3) is 0 Å². The van der Waals surface area contributed by atoms with Gasteiger partial charge in [0, 0.05) is 13.2 Å². The Hall–Kier alpha value is -1.23. The van der Waals surface area contributed by atoms with Crippen LogP contribution in [0.3, 0.4) is 0 Å². The number of nitrogens with one attached hydrogen (secondary N) is 1. The molecule has 0 aliphatic rings. The summed E-state index contributed by atoms with van der Waals surface area (Å²) in [5.41, 5.74) is 0.389. The van der Waals surface area contributed by atoms with Gasteiger partial charge in [-0.25, -0.2) is 4.39 Å². The number of halogens is 1. The molecule has 0 aromatic heterocycles. The predicted octanol–water partition coefficient (Wildman–Crippen LogP) is 1.52. The predicted molar refractivity (Wildman–Crippen MR) is 53.0 cm³/mol.